The minimum absolute atomic E-state index is 0.325. The first-order chi connectivity index (χ1) is 8.07. The van der Waals surface area contributed by atoms with Gasteiger partial charge in [-0.05, 0) is 17.7 Å². The monoisotopic (exact) mass is 241 g/mol. The van der Waals surface area contributed by atoms with E-state index in [-0.39, 0.29) is 5.91 Å². The molecule has 1 saturated heterocycles. The number of carbonyl (C=O) groups is 1. The summed E-state index contributed by atoms with van der Waals surface area (Å²) in [5, 5.41) is 5.12. The Bertz CT molecular complexity index is 397. The van der Waals surface area contributed by atoms with E-state index in [1.807, 2.05) is 0 Å². The lowest BCUT2D eigenvalue weighted by molar-refractivity contribution is -0.123. The average Bonchev–Trinajstić information content (AvgIpc) is 2.68. The fourth-order valence-corrected chi connectivity index (χ4v) is 1.71. The van der Waals surface area contributed by atoms with Crippen molar-refractivity contribution in [1.29, 1.82) is 0 Å². The molecule has 0 saturated carbocycles. The molecule has 0 spiro atoms. The molecule has 4 nitrogen and oxygen atoms in total. The normalized spacial score (nSPS) is 22.4. The molecule has 0 aromatic carbocycles. The van der Waals surface area contributed by atoms with Crippen LogP contribution in [0.5, 0.6) is 0 Å². The maximum Gasteiger partial charge on any atom is 0.262 e. The van der Waals surface area contributed by atoms with Crippen LogP contribution in [-0.2, 0) is 11.3 Å². The number of nitrogens with zero attached hydrogens (tertiary/aromatic N) is 1. The number of amides is 1. The fraction of sp³-hybridized carbons (Fsp3) is 0.455. The number of alkyl halides is 2. The molecule has 2 rings (SSSR count). The highest BCUT2D eigenvalue weighted by molar-refractivity contribution is 5.82. The minimum Gasteiger partial charge on any atom is -0.351 e. The van der Waals surface area contributed by atoms with Gasteiger partial charge in [-0.15, -0.1) is 0 Å². The Labute approximate surface area is 97.4 Å². The van der Waals surface area contributed by atoms with Gasteiger partial charge < -0.3 is 5.32 Å². The predicted molar refractivity (Wildman–Crippen MR) is 57.4 cm³/mol. The summed E-state index contributed by atoms with van der Waals surface area (Å²) < 4.78 is 25.7. The maximum atomic E-state index is 12.9. The van der Waals surface area contributed by atoms with Crippen LogP contribution in [0.25, 0.3) is 0 Å². The molecule has 1 aliphatic rings. The Kier molecular flexibility index (Phi) is 3.33. The van der Waals surface area contributed by atoms with E-state index in [2.05, 4.69) is 15.6 Å². The van der Waals surface area contributed by atoms with Crippen molar-refractivity contribution in [2.45, 2.75) is 24.9 Å². The van der Waals surface area contributed by atoms with Crippen molar-refractivity contribution >= 4 is 5.91 Å². The number of rotatable bonds is 3. The zero-order valence-corrected chi connectivity index (χ0v) is 9.12. The molecule has 1 aromatic rings. The number of carbonyl (C=O) groups excluding carboxylic acids is 1. The number of hydrogen-bond donors (Lipinski definition) is 2. The molecule has 1 aliphatic heterocycles. The van der Waals surface area contributed by atoms with Gasteiger partial charge in [0.1, 0.15) is 0 Å². The van der Waals surface area contributed by atoms with Gasteiger partial charge in [0.15, 0.2) is 0 Å². The summed E-state index contributed by atoms with van der Waals surface area (Å²) >= 11 is 0. The van der Waals surface area contributed by atoms with Crippen LogP contribution in [-0.4, -0.2) is 29.4 Å². The van der Waals surface area contributed by atoms with E-state index in [0.717, 1.165) is 5.56 Å². The minimum atomic E-state index is -2.78. The summed E-state index contributed by atoms with van der Waals surface area (Å²) in [4.78, 5) is 15.4. The Balaban J connectivity index is 1.83. The van der Waals surface area contributed by atoms with E-state index in [9.17, 15) is 13.6 Å². The second-order valence-electron chi connectivity index (χ2n) is 4.07. The van der Waals surface area contributed by atoms with Gasteiger partial charge in [0.2, 0.25) is 5.91 Å². The molecule has 0 aliphatic carbocycles. The SMILES string of the molecule is O=C(NCc1ccncc1)C1CC(F)(F)CN1. The Morgan fingerprint density at radius 3 is 2.82 bits per heavy atom. The van der Waals surface area contributed by atoms with Gasteiger partial charge in [0.05, 0.1) is 12.6 Å². The van der Waals surface area contributed by atoms with Crippen LogP contribution in [0.2, 0.25) is 0 Å². The van der Waals surface area contributed by atoms with E-state index in [1.54, 1.807) is 24.5 Å². The second kappa shape index (κ2) is 4.75. The number of aromatic nitrogens is 1. The van der Waals surface area contributed by atoms with Gasteiger partial charge in [-0.25, -0.2) is 8.78 Å². The van der Waals surface area contributed by atoms with Crippen LogP contribution in [0.4, 0.5) is 8.78 Å². The number of nitrogens with one attached hydrogen (secondary N) is 2. The summed E-state index contributed by atoms with van der Waals surface area (Å²) in [5.74, 6) is -3.17. The van der Waals surface area contributed by atoms with Gasteiger partial charge in [-0.3, -0.25) is 15.1 Å². The van der Waals surface area contributed by atoms with Crippen molar-refractivity contribution in [3.63, 3.8) is 0 Å². The smallest absolute Gasteiger partial charge is 0.262 e. The van der Waals surface area contributed by atoms with Crippen LogP contribution in [0, 0.1) is 0 Å². The topological polar surface area (TPSA) is 54.0 Å². The van der Waals surface area contributed by atoms with E-state index in [4.69, 9.17) is 0 Å². The summed E-state index contributed by atoms with van der Waals surface area (Å²) in [7, 11) is 0. The molecule has 0 radical (unpaired) electrons. The molecule has 6 heteroatoms. The summed E-state index contributed by atoms with van der Waals surface area (Å²) in [6, 6.07) is 2.72. The fourth-order valence-electron chi connectivity index (χ4n) is 1.71. The maximum absolute atomic E-state index is 12.9. The highest BCUT2D eigenvalue weighted by Crippen LogP contribution is 2.24. The number of hydrogen-bond acceptors (Lipinski definition) is 3. The van der Waals surface area contributed by atoms with Gasteiger partial charge in [-0.1, -0.05) is 0 Å². The summed E-state index contributed by atoms with van der Waals surface area (Å²) in [6.45, 7) is -0.106. The molecule has 1 atom stereocenters. The van der Waals surface area contributed by atoms with Crippen LogP contribution in [0.1, 0.15) is 12.0 Å². The first-order valence-corrected chi connectivity index (χ1v) is 5.35. The van der Waals surface area contributed by atoms with Crippen molar-refractivity contribution in [2.24, 2.45) is 0 Å². The van der Waals surface area contributed by atoms with Gasteiger partial charge in [-0.2, -0.15) is 0 Å². The summed E-state index contributed by atoms with van der Waals surface area (Å²) in [6.07, 6.45) is 2.79. The third-order valence-electron chi connectivity index (χ3n) is 2.64. The third-order valence-corrected chi connectivity index (χ3v) is 2.64. The van der Waals surface area contributed by atoms with Crippen molar-refractivity contribution in [1.82, 2.24) is 15.6 Å². The standard InChI is InChI=1S/C11H13F2N3O/c12-11(13)5-9(16-7-11)10(17)15-6-8-1-3-14-4-2-8/h1-4,9,16H,5-7H2,(H,15,17). The highest BCUT2D eigenvalue weighted by Gasteiger charge is 2.42. The lowest BCUT2D eigenvalue weighted by atomic mass is 10.2. The molecule has 1 aromatic heterocycles. The van der Waals surface area contributed by atoms with E-state index in [1.165, 1.54) is 0 Å². The van der Waals surface area contributed by atoms with Crippen LogP contribution < -0.4 is 10.6 Å². The molecule has 1 amide bonds. The first kappa shape index (κ1) is 11.9. The second-order valence-corrected chi connectivity index (χ2v) is 4.07. The molecule has 1 fully saturated rings. The predicted octanol–water partition coefficient (Wildman–Crippen LogP) is 0.695. The van der Waals surface area contributed by atoms with Crippen molar-refractivity contribution < 1.29 is 13.6 Å². The Hall–Kier alpha value is -1.56. The van der Waals surface area contributed by atoms with Crippen LogP contribution in [0.15, 0.2) is 24.5 Å². The molecule has 2 N–H and O–H groups in total. The third kappa shape index (κ3) is 3.20. The zero-order chi connectivity index (χ0) is 12.3. The van der Waals surface area contributed by atoms with E-state index < -0.39 is 24.9 Å². The Morgan fingerprint density at radius 1 is 1.53 bits per heavy atom. The van der Waals surface area contributed by atoms with Crippen molar-refractivity contribution in [3.05, 3.63) is 30.1 Å². The van der Waals surface area contributed by atoms with Crippen molar-refractivity contribution in [2.75, 3.05) is 6.54 Å². The number of halogens is 2. The molecular formula is C11H13F2N3O. The molecule has 2 heterocycles. The van der Waals surface area contributed by atoms with E-state index in [0.29, 0.717) is 6.54 Å². The van der Waals surface area contributed by atoms with Crippen LogP contribution >= 0.6 is 0 Å². The average molecular weight is 241 g/mol. The lowest BCUT2D eigenvalue weighted by Crippen LogP contribution is -2.40. The summed E-state index contributed by atoms with van der Waals surface area (Å²) in [5.41, 5.74) is 0.887. The number of pyridine rings is 1. The van der Waals surface area contributed by atoms with Crippen LogP contribution in [0.3, 0.4) is 0 Å². The molecular weight excluding hydrogens is 228 g/mol. The Morgan fingerprint density at radius 2 is 2.24 bits per heavy atom. The molecule has 17 heavy (non-hydrogen) atoms. The largest absolute Gasteiger partial charge is 0.351 e. The molecule has 0 bridgehead atoms. The van der Waals surface area contributed by atoms with Gasteiger partial charge in [0.25, 0.3) is 5.92 Å². The van der Waals surface area contributed by atoms with Gasteiger partial charge >= 0.3 is 0 Å². The quantitative estimate of drug-likeness (QED) is 0.819. The van der Waals surface area contributed by atoms with Crippen molar-refractivity contribution in [3.8, 4) is 0 Å². The first-order valence-electron chi connectivity index (χ1n) is 5.35. The molecule has 92 valence electrons. The highest BCUT2D eigenvalue weighted by atomic mass is 19.3. The lowest BCUT2D eigenvalue weighted by Gasteiger charge is -2.11. The zero-order valence-electron chi connectivity index (χ0n) is 9.12. The molecule has 1 unspecified atom stereocenters. The van der Waals surface area contributed by atoms with Gasteiger partial charge in [0, 0.05) is 25.4 Å². The van der Waals surface area contributed by atoms with E-state index >= 15 is 0 Å².